The van der Waals surface area contributed by atoms with Crippen LogP contribution in [-0.4, -0.2) is 37.2 Å². The molecular formula is C74H136O6. The van der Waals surface area contributed by atoms with Crippen molar-refractivity contribution < 1.29 is 28.6 Å². The van der Waals surface area contributed by atoms with Crippen LogP contribution in [-0.2, 0) is 28.6 Å². The number of hydrogen-bond donors (Lipinski definition) is 0. The van der Waals surface area contributed by atoms with Gasteiger partial charge in [-0.05, 0) is 83.5 Å². The lowest BCUT2D eigenvalue weighted by molar-refractivity contribution is -0.167. The van der Waals surface area contributed by atoms with Crippen molar-refractivity contribution in [2.24, 2.45) is 0 Å². The van der Waals surface area contributed by atoms with E-state index >= 15 is 0 Å². The van der Waals surface area contributed by atoms with Gasteiger partial charge in [-0.2, -0.15) is 0 Å². The quantitative estimate of drug-likeness (QED) is 0.0261. The van der Waals surface area contributed by atoms with E-state index in [9.17, 15) is 14.4 Å². The number of carbonyl (C=O) groups excluding carboxylic acids is 3. The molecule has 6 nitrogen and oxygen atoms in total. The van der Waals surface area contributed by atoms with Crippen molar-refractivity contribution in [1.82, 2.24) is 0 Å². The Morgan fingerprint density at radius 2 is 0.450 bits per heavy atom. The molecule has 0 spiro atoms. The molecule has 0 aromatic heterocycles. The lowest BCUT2D eigenvalue weighted by Crippen LogP contribution is -2.30. The minimum atomic E-state index is -0.773. The van der Waals surface area contributed by atoms with Gasteiger partial charge in [0.05, 0.1) is 0 Å². The topological polar surface area (TPSA) is 78.9 Å². The molecule has 1 unspecified atom stereocenters. The smallest absolute Gasteiger partial charge is 0.306 e. The average Bonchev–Trinajstić information content (AvgIpc) is 3.46. The Morgan fingerprint density at radius 1 is 0.250 bits per heavy atom. The van der Waals surface area contributed by atoms with E-state index in [1.165, 1.54) is 276 Å². The summed E-state index contributed by atoms with van der Waals surface area (Å²) in [7, 11) is 0. The molecule has 6 heteroatoms. The molecule has 0 aromatic rings. The molecule has 1 atom stereocenters. The highest BCUT2D eigenvalue weighted by Crippen LogP contribution is 2.18. The van der Waals surface area contributed by atoms with Gasteiger partial charge in [0.25, 0.3) is 0 Å². The molecule has 468 valence electrons. The maximum atomic E-state index is 13.0. The summed E-state index contributed by atoms with van der Waals surface area (Å²) in [5, 5.41) is 0. The maximum Gasteiger partial charge on any atom is 0.306 e. The zero-order valence-corrected chi connectivity index (χ0v) is 53.9. The van der Waals surface area contributed by atoms with Gasteiger partial charge in [0, 0.05) is 19.3 Å². The molecule has 80 heavy (non-hydrogen) atoms. The summed E-state index contributed by atoms with van der Waals surface area (Å²) >= 11 is 0. The molecule has 0 aliphatic heterocycles. The molecular weight excluding hydrogens is 985 g/mol. The minimum Gasteiger partial charge on any atom is -0.462 e. The summed E-state index contributed by atoms with van der Waals surface area (Å²) in [6.07, 6.45) is 87.0. The van der Waals surface area contributed by atoms with Crippen LogP contribution in [0.5, 0.6) is 0 Å². The van der Waals surface area contributed by atoms with E-state index in [0.29, 0.717) is 19.3 Å². The summed E-state index contributed by atoms with van der Waals surface area (Å²) < 4.78 is 17.0. The minimum absolute atomic E-state index is 0.0691. The van der Waals surface area contributed by atoms with E-state index in [4.69, 9.17) is 14.2 Å². The fourth-order valence-electron chi connectivity index (χ4n) is 10.7. The summed E-state index contributed by atoms with van der Waals surface area (Å²) in [6.45, 7) is 6.69. The van der Waals surface area contributed by atoms with E-state index in [0.717, 1.165) is 70.6 Å². The largest absolute Gasteiger partial charge is 0.462 e. The highest BCUT2D eigenvalue weighted by Gasteiger charge is 2.19. The third-order valence-corrected chi connectivity index (χ3v) is 16.1. The Labute approximate surface area is 498 Å². The van der Waals surface area contributed by atoms with Crippen molar-refractivity contribution in [2.75, 3.05) is 13.2 Å². The SMILES string of the molecule is CCCCCCC/C=C\C/C=C\CCCCCCCCCCCCCCCC(=O)OCC(COC(=O)CCCCCCCCCCCCCCCC)OC(=O)CCCCCCCCCCCCC/C=C\C/C=C\CCCCCCC. The second-order valence-electron chi connectivity index (χ2n) is 24.1. The normalized spacial score (nSPS) is 12.3. The van der Waals surface area contributed by atoms with Crippen molar-refractivity contribution in [3.05, 3.63) is 48.6 Å². The Balaban J connectivity index is 4.27. The van der Waals surface area contributed by atoms with Gasteiger partial charge in [0.1, 0.15) is 13.2 Å². The third kappa shape index (κ3) is 66.2. The van der Waals surface area contributed by atoms with Gasteiger partial charge in [-0.15, -0.1) is 0 Å². The molecule has 0 saturated heterocycles. The molecule has 0 aromatic carbocycles. The van der Waals surface area contributed by atoms with Crippen molar-refractivity contribution >= 4 is 17.9 Å². The van der Waals surface area contributed by atoms with E-state index in [1.807, 2.05) is 0 Å². The highest BCUT2D eigenvalue weighted by molar-refractivity contribution is 5.71. The predicted octanol–water partition coefficient (Wildman–Crippen LogP) is 24.5. The second-order valence-corrected chi connectivity index (χ2v) is 24.1. The molecule has 0 fully saturated rings. The van der Waals surface area contributed by atoms with E-state index in [1.54, 1.807) is 0 Å². The number of hydrogen-bond acceptors (Lipinski definition) is 6. The summed E-state index contributed by atoms with van der Waals surface area (Å²) in [5.74, 6) is -0.845. The second kappa shape index (κ2) is 68.9. The first-order valence-corrected chi connectivity index (χ1v) is 35.6. The van der Waals surface area contributed by atoms with Gasteiger partial charge in [-0.1, -0.05) is 333 Å². The Hall–Kier alpha value is -2.63. The summed E-state index contributed by atoms with van der Waals surface area (Å²) in [5.41, 5.74) is 0. The molecule has 0 aliphatic rings. The van der Waals surface area contributed by atoms with Crippen molar-refractivity contribution in [3.63, 3.8) is 0 Å². The van der Waals surface area contributed by atoms with Gasteiger partial charge in [-0.3, -0.25) is 14.4 Å². The average molecular weight is 1120 g/mol. The standard InChI is InChI=1S/C74H136O6/c1-4-7-10-13-16-19-22-25-28-30-32-34-36-37-39-40-42-44-46-49-52-55-58-61-64-67-73(76)79-70-71(69-78-72(75)66-63-60-57-54-51-48-27-24-21-18-15-12-9-6-3)80-74(77)68-65-62-59-56-53-50-47-45-43-41-38-35-33-31-29-26-23-20-17-14-11-8-5-2/h22-23,25-26,30-33,71H,4-21,24,27-29,34-70H2,1-3H3/b25-22-,26-23-,32-30-,33-31-. The van der Waals surface area contributed by atoms with Crippen molar-refractivity contribution in [1.29, 1.82) is 0 Å². The number of carbonyl (C=O) groups is 3. The van der Waals surface area contributed by atoms with Crippen molar-refractivity contribution in [2.45, 2.75) is 393 Å². The first-order chi connectivity index (χ1) is 39.5. The molecule has 0 saturated carbocycles. The number of allylic oxidation sites excluding steroid dienone is 8. The van der Waals surface area contributed by atoms with Crippen LogP contribution in [0.1, 0.15) is 387 Å². The monoisotopic (exact) mass is 1120 g/mol. The van der Waals surface area contributed by atoms with Gasteiger partial charge in [-0.25, -0.2) is 0 Å². The summed E-state index contributed by atoms with van der Waals surface area (Å²) in [6, 6.07) is 0. The molecule has 0 rings (SSSR count). The molecule has 0 heterocycles. The molecule has 0 amide bonds. The van der Waals surface area contributed by atoms with Crippen LogP contribution in [0.25, 0.3) is 0 Å². The van der Waals surface area contributed by atoms with E-state index < -0.39 is 6.10 Å². The van der Waals surface area contributed by atoms with Crippen LogP contribution in [0.2, 0.25) is 0 Å². The fourth-order valence-corrected chi connectivity index (χ4v) is 10.7. The molecule has 0 bridgehead atoms. The van der Waals surface area contributed by atoms with Gasteiger partial charge < -0.3 is 14.2 Å². The number of unbranched alkanes of at least 4 members (excludes halogenated alkanes) is 47. The van der Waals surface area contributed by atoms with Crippen LogP contribution in [0.15, 0.2) is 48.6 Å². The molecule has 0 aliphatic carbocycles. The lowest BCUT2D eigenvalue weighted by atomic mass is 10.0. The van der Waals surface area contributed by atoms with Crippen molar-refractivity contribution in [3.8, 4) is 0 Å². The lowest BCUT2D eigenvalue weighted by Gasteiger charge is -2.18. The number of esters is 3. The van der Waals surface area contributed by atoms with Gasteiger partial charge in [0.15, 0.2) is 6.10 Å². The third-order valence-electron chi connectivity index (χ3n) is 16.1. The molecule has 0 radical (unpaired) electrons. The predicted molar refractivity (Wildman–Crippen MR) is 349 cm³/mol. The van der Waals surface area contributed by atoms with Gasteiger partial charge >= 0.3 is 17.9 Å². The van der Waals surface area contributed by atoms with Crippen LogP contribution < -0.4 is 0 Å². The summed E-state index contributed by atoms with van der Waals surface area (Å²) in [4.78, 5) is 38.5. The maximum absolute atomic E-state index is 13.0. The highest BCUT2D eigenvalue weighted by atomic mass is 16.6. The Kier molecular flexibility index (Phi) is 66.6. The number of rotatable bonds is 66. The van der Waals surface area contributed by atoms with Crippen LogP contribution in [0.4, 0.5) is 0 Å². The Morgan fingerprint density at radius 3 is 0.688 bits per heavy atom. The van der Waals surface area contributed by atoms with Crippen LogP contribution in [0, 0.1) is 0 Å². The zero-order valence-electron chi connectivity index (χ0n) is 53.9. The first kappa shape index (κ1) is 77.4. The van der Waals surface area contributed by atoms with E-state index in [-0.39, 0.29) is 31.1 Å². The first-order valence-electron chi connectivity index (χ1n) is 35.6. The Bertz CT molecular complexity index is 1380. The fraction of sp³-hybridized carbons (Fsp3) is 0.851. The van der Waals surface area contributed by atoms with Crippen LogP contribution >= 0.6 is 0 Å². The van der Waals surface area contributed by atoms with Gasteiger partial charge in [0.2, 0.25) is 0 Å². The number of ether oxygens (including phenoxy) is 3. The molecule has 0 N–H and O–H groups in total. The van der Waals surface area contributed by atoms with E-state index in [2.05, 4.69) is 69.4 Å². The zero-order chi connectivity index (χ0) is 57.8. The van der Waals surface area contributed by atoms with Crippen LogP contribution in [0.3, 0.4) is 0 Å².